The van der Waals surface area contributed by atoms with Crippen molar-refractivity contribution < 1.29 is 9.21 Å². The number of hydrogen-bond donors (Lipinski definition) is 1. The first-order valence-corrected chi connectivity index (χ1v) is 9.45. The van der Waals surface area contributed by atoms with E-state index in [1.807, 2.05) is 37.5 Å². The van der Waals surface area contributed by atoms with E-state index >= 15 is 0 Å². The number of aromatic nitrogens is 3. The number of nitrogens with zero attached hydrogens (tertiary/aromatic N) is 3. The molecule has 0 spiro atoms. The van der Waals surface area contributed by atoms with Crippen molar-refractivity contribution in [2.45, 2.75) is 39.4 Å². The molecular formula is C19H22N4O2S. The number of furan rings is 1. The van der Waals surface area contributed by atoms with Gasteiger partial charge < -0.3 is 9.73 Å². The highest BCUT2D eigenvalue weighted by atomic mass is 32.2. The lowest BCUT2D eigenvalue weighted by molar-refractivity contribution is -0.113. The van der Waals surface area contributed by atoms with E-state index in [9.17, 15) is 4.79 Å². The molecule has 2 aromatic heterocycles. The van der Waals surface area contributed by atoms with Crippen LogP contribution in [0.2, 0.25) is 0 Å². The van der Waals surface area contributed by atoms with Crippen molar-refractivity contribution >= 4 is 23.4 Å². The third-order valence-corrected chi connectivity index (χ3v) is 5.02. The molecule has 0 unspecified atom stereocenters. The summed E-state index contributed by atoms with van der Waals surface area (Å²) in [6, 6.07) is 7.80. The van der Waals surface area contributed by atoms with Crippen molar-refractivity contribution in [3.05, 3.63) is 47.2 Å². The smallest absolute Gasteiger partial charge is 0.234 e. The molecule has 26 heavy (non-hydrogen) atoms. The Morgan fingerprint density at radius 2 is 1.96 bits per heavy atom. The number of rotatable bonds is 6. The summed E-state index contributed by atoms with van der Waals surface area (Å²) in [6.45, 7) is 8.77. The lowest BCUT2D eigenvalue weighted by atomic mass is 10.1. The number of nitrogens with one attached hydrogen (secondary N) is 1. The van der Waals surface area contributed by atoms with Crippen LogP contribution in [0.4, 0.5) is 5.69 Å². The second-order valence-electron chi connectivity index (χ2n) is 6.14. The van der Waals surface area contributed by atoms with E-state index in [-0.39, 0.29) is 11.7 Å². The Hall–Kier alpha value is -2.54. The third-order valence-electron chi connectivity index (χ3n) is 4.05. The van der Waals surface area contributed by atoms with Crippen LogP contribution in [0.25, 0.3) is 11.6 Å². The van der Waals surface area contributed by atoms with Gasteiger partial charge in [0.15, 0.2) is 16.7 Å². The van der Waals surface area contributed by atoms with Crippen LogP contribution < -0.4 is 5.32 Å². The molecule has 0 bridgehead atoms. The fourth-order valence-corrected chi connectivity index (χ4v) is 3.75. The van der Waals surface area contributed by atoms with Crippen molar-refractivity contribution in [1.82, 2.24) is 14.8 Å². The van der Waals surface area contributed by atoms with Crippen LogP contribution in [0.15, 0.2) is 40.1 Å². The Balaban J connectivity index is 1.69. The third kappa shape index (κ3) is 3.83. The summed E-state index contributed by atoms with van der Waals surface area (Å²) in [7, 11) is 0. The van der Waals surface area contributed by atoms with Crippen LogP contribution in [-0.2, 0) is 11.3 Å². The van der Waals surface area contributed by atoms with Crippen LogP contribution in [-0.4, -0.2) is 26.4 Å². The fourth-order valence-electron chi connectivity index (χ4n) is 2.95. The van der Waals surface area contributed by atoms with Gasteiger partial charge in [0.2, 0.25) is 5.91 Å². The SMILES string of the molecule is CCn1c(SCC(=O)Nc2c(C)cc(C)cc2C)nnc1-c1ccco1. The Morgan fingerprint density at radius 1 is 1.23 bits per heavy atom. The molecule has 0 saturated heterocycles. The summed E-state index contributed by atoms with van der Waals surface area (Å²) in [5.74, 6) is 1.55. The maximum Gasteiger partial charge on any atom is 0.234 e. The van der Waals surface area contributed by atoms with Gasteiger partial charge in [-0.25, -0.2) is 0 Å². The van der Waals surface area contributed by atoms with Crippen molar-refractivity contribution in [3.8, 4) is 11.6 Å². The van der Waals surface area contributed by atoms with Crippen molar-refractivity contribution in [1.29, 1.82) is 0 Å². The Labute approximate surface area is 157 Å². The number of anilines is 1. The minimum Gasteiger partial charge on any atom is -0.461 e. The highest BCUT2D eigenvalue weighted by molar-refractivity contribution is 7.99. The molecule has 3 rings (SSSR count). The second kappa shape index (κ2) is 7.78. The molecule has 7 heteroatoms. The van der Waals surface area contributed by atoms with Crippen LogP contribution in [0.1, 0.15) is 23.6 Å². The van der Waals surface area contributed by atoms with Crippen LogP contribution in [0, 0.1) is 20.8 Å². The van der Waals surface area contributed by atoms with Gasteiger partial charge in [-0.05, 0) is 51.0 Å². The molecule has 1 N–H and O–H groups in total. The average molecular weight is 370 g/mol. The van der Waals surface area contributed by atoms with Gasteiger partial charge in [0.1, 0.15) is 0 Å². The normalized spacial score (nSPS) is 10.9. The number of aryl methyl sites for hydroxylation is 3. The number of hydrogen-bond acceptors (Lipinski definition) is 5. The quantitative estimate of drug-likeness (QED) is 0.658. The summed E-state index contributed by atoms with van der Waals surface area (Å²) >= 11 is 1.37. The topological polar surface area (TPSA) is 73.0 Å². The average Bonchev–Trinajstić information content (AvgIpc) is 3.24. The largest absolute Gasteiger partial charge is 0.461 e. The van der Waals surface area contributed by atoms with Crippen LogP contribution >= 0.6 is 11.8 Å². The van der Waals surface area contributed by atoms with E-state index in [1.54, 1.807) is 6.26 Å². The second-order valence-corrected chi connectivity index (χ2v) is 7.08. The van der Waals surface area contributed by atoms with Crippen LogP contribution in [0.5, 0.6) is 0 Å². The molecule has 0 fully saturated rings. The predicted molar refractivity (Wildman–Crippen MR) is 103 cm³/mol. The van der Waals surface area contributed by atoms with Gasteiger partial charge in [-0.2, -0.15) is 0 Å². The molecule has 0 aliphatic rings. The maximum absolute atomic E-state index is 12.4. The highest BCUT2D eigenvalue weighted by Gasteiger charge is 2.16. The zero-order chi connectivity index (χ0) is 18.7. The minimum atomic E-state index is -0.0599. The van der Waals surface area contributed by atoms with E-state index in [4.69, 9.17) is 4.42 Å². The number of benzene rings is 1. The lowest BCUT2D eigenvalue weighted by Gasteiger charge is -2.12. The molecule has 1 aromatic carbocycles. The van der Waals surface area contributed by atoms with Gasteiger partial charge in [-0.15, -0.1) is 10.2 Å². The number of carbonyl (C=O) groups excluding carboxylic acids is 1. The molecule has 1 amide bonds. The first kappa shape index (κ1) is 18.3. The molecule has 6 nitrogen and oxygen atoms in total. The zero-order valence-electron chi connectivity index (χ0n) is 15.4. The van der Waals surface area contributed by atoms with E-state index in [0.29, 0.717) is 23.3 Å². The molecule has 0 saturated carbocycles. The summed E-state index contributed by atoms with van der Waals surface area (Å²) in [6.07, 6.45) is 1.61. The van der Waals surface area contributed by atoms with Gasteiger partial charge in [0.25, 0.3) is 0 Å². The molecule has 3 aromatic rings. The first-order valence-electron chi connectivity index (χ1n) is 8.47. The van der Waals surface area contributed by atoms with Gasteiger partial charge >= 0.3 is 0 Å². The maximum atomic E-state index is 12.4. The molecular weight excluding hydrogens is 348 g/mol. The minimum absolute atomic E-state index is 0.0599. The van der Waals surface area contributed by atoms with Gasteiger partial charge in [-0.3, -0.25) is 9.36 Å². The van der Waals surface area contributed by atoms with Gasteiger partial charge in [0, 0.05) is 12.2 Å². The Morgan fingerprint density at radius 3 is 2.58 bits per heavy atom. The van der Waals surface area contributed by atoms with Gasteiger partial charge in [0.05, 0.1) is 12.0 Å². The summed E-state index contributed by atoms with van der Waals surface area (Å²) in [4.78, 5) is 12.4. The monoisotopic (exact) mass is 370 g/mol. The fraction of sp³-hybridized carbons (Fsp3) is 0.316. The zero-order valence-corrected chi connectivity index (χ0v) is 16.2. The lowest BCUT2D eigenvalue weighted by Crippen LogP contribution is -2.16. The highest BCUT2D eigenvalue weighted by Crippen LogP contribution is 2.25. The number of carbonyl (C=O) groups is 1. The first-order chi connectivity index (χ1) is 12.5. The molecule has 0 aliphatic heterocycles. The number of thioether (sulfide) groups is 1. The van der Waals surface area contributed by atoms with Gasteiger partial charge in [-0.1, -0.05) is 29.5 Å². The summed E-state index contributed by atoms with van der Waals surface area (Å²) in [5, 5.41) is 12.1. The standard InChI is InChI=1S/C19H22N4O2S/c1-5-23-18(15-7-6-8-25-15)21-22-19(23)26-11-16(24)20-17-13(3)9-12(2)10-14(17)4/h6-10H,5,11H2,1-4H3,(H,20,24). The molecule has 0 radical (unpaired) electrons. The van der Waals surface area contributed by atoms with Crippen molar-refractivity contribution in [2.75, 3.05) is 11.1 Å². The molecule has 136 valence electrons. The van der Waals surface area contributed by atoms with E-state index in [2.05, 4.69) is 34.6 Å². The van der Waals surface area contributed by atoms with Crippen LogP contribution in [0.3, 0.4) is 0 Å². The summed E-state index contributed by atoms with van der Waals surface area (Å²) in [5.41, 5.74) is 4.21. The Bertz CT molecular complexity index is 893. The van der Waals surface area contributed by atoms with Crippen molar-refractivity contribution in [2.24, 2.45) is 0 Å². The molecule has 0 aliphatic carbocycles. The van der Waals surface area contributed by atoms with E-state index in [0.717, 1.165) is 16.8 Å². The molecule has 0 atom stereocenters. The molecule has 2 heterocycles. The Kier molecular flexibility index (Phi) is 5.46. The van der Waals surface area contributed by atoms with E-state index < -0.39 is 0 Å². The summed E-state index contributed by atoms with van der Waals surface area (Å²) < 4.78 is 7.35. The number of amides is 1. The van der Waals surface area contributed by atoms with Crippen molar-refractivity contribution in [3.63, 3.8) is 0 Å². The van der Waals surface area contributed by atoms with E-state index in [1.165, 1.54) is 17.3 Å². The predicted octanol–water partition coefficient (Wildman–Crippen LogP) is 4.21.